The lowest BCUT2D eigenvalue weighted by molar-refractivity contribution is 0.0940. The number of carbonyl (C=O) groups is 2. The molecule has 4 rings (SSSR count). The first kappa shape index (κ1) is 17.8. The van der Waals surface area contributed by atoms with Crippen molar-refractivity contribution in [3.63, 3.8) is 0 Å². The van der Waals surface area contributed by atoms with Crippen LogP contribution in [0.1, 0.15) is 52.8 Å². The lowest BCUT2D eigenvalue weighted by Gasteiger charge is -2.13. The molecule has 27 heavy (non-hydrogen) atoms. The topological polar surface area (TPSA) is 75.8 Å². The monoisotopic (exact) mass is 365 g/mol. The number of hydrogen-bond donors (Lipinski definition) is 0. The summed E-state index contributed by atoms with van der Waals surface area (Å²) in [6, 6.07) is 7.78. The predicted molar refractivity (Wildman–Crippen MR) is 103 cm³/mol. The van der Waals surface area contributed by atoms with Gasteiger partial charge in [-0.15, -0.1) is 0 Å². The second-order valence-electron chi connectivity index (χ2n) is 7.05. The molecule has 6 nitrogen and oxygen atoms in total. The van der Waals surface area contributed by atoms with Crippen LogP contribution in [0.25, 0.3) is 11.5 Å². The van der Waals surface area contributed by atoms with Gasteiger partial charge in [-0.25, -0.2) is 4.98 Å². The van der Waals surface area contributed by atoms with E-state index in [0.717, 1.165) is 31.6 Å². The van der Waals surface area contributed by atoms with Gasteiger partial charge in [0.2, 0.25) is 23.2 Å². The number of hydrogen-bond acceptors (Lipinski definition) is 6. The van der Waals surface area contributed by atoms with Gasteiger partial charge in [0.25, 0.3) is 0 Å². The summed E-state index contributed by atoms with van der Waals surface area (Å²) >= 11 is 0. The maximum Gasteiger partial charge on any atom is 0.229 e. The molecule has 0 saturated carbocycles. The van der Waals surface area contributed by atoms with Crippen LogP contribution >= 0.6 is 0 Å². The van der Waals surface area contributed by atoms with E-state index in [0.29, 0.717) is 18.1 Å². The van der Waals surface area contributed by atoms with Gasteiger partial charge in [-0.1, -0.05) is 19.1 Å². The average Bonchev–Trinajstić information content (AvgIpc) is 3.36. The largest absolute Gasteiger partial charge is 0.432 e. The first-order valence-electron chi connectivity index (χ1n) is 9.59. The molecule has 6 heteroatoms. The summed E-state index contributed by atoms with van der Waals surface area (Å²) < 4.78 is 5.64. The summed E-state index contributed by atoms with van der Waals surface area (Å²) in [5.41, 5.74) is 2.36. The fraction of sp³-hybridized carbons (Fsp3) is 0.429. The van der Waals surface area contributed by atoms with E-state index >= 15 is 0 Å². The quantitative estimate of drug-likeness (QED) is 0.813. The van der Waals surface area contributed by atoms with Crippen molar-refractivity contribution in [3.05, 3.63) is 41.3 Å². The van der Waals surface area contributed by atoms with Crippen molar-refractivity contribution in [1.82, 2.24) is 9.88 Å². The molecule has 0 unspecified atom stereocenters. The maximum atomic E-state index is 12.7. The lowest BCUT2D eigenvalue weighted by atomic mass is 9.97. The maximum absolute atomic E-state index is 12.7. The lowest BCUT2D eigenvalue weighted by Crippen LogP contribution is -2.28. The number of aliphatic imine (C=N–C) groups is 1. The van der Waals surface area contributed by atoms with E-state index in [1.807, 2.05) is 24.3 Å². The van der Waals surface area contributed by atoms with E-state index in [1.54, 1.807) is 0 Å². The van der Waals surface area contributed by atoms with E-state index < -0.39 is 0 Å². The van der Waals surface area contributed by atoms with Crippen LogP contribution in [0.5, 0.6) is 0 Å². The normalized spacial score (nSPS) is 19.1. The minimum absolute atomic E-state index is 0.00472. The molecule has 1 aliphatic carbocycles. The van der Waals surface area contributed by atoms with Crippen molar-refractivity contribution >= 4 is 17.3 Å². The van der Waals surface area contributed by atoms with Crippen LogP contribution in [0, 0.1) is 0 Å². The number of carbonyl (C=O) groups excluding carboxylic acids is 2. The Bertz CT molecular complexity index is 890. The highest BCUT2D eigenvalue weighted by Gasteiger charge is 2.35. The molecule has 1 aromatic carbocycles. The Hall–Kier alpha value is -2.60. The molecule has 2 aliphatic rings. The molecule has 1 fully saturated rings. The van der Waals surface area contributed by atoms with E-state index in [4.69, 9.17) is 4.42 Å². The van der Waals surface area contributed by atoms with Gasteiger partial charge in [0, 0.05) is 12.1 Å². The Morgan fingerprint density at radius 2 is 1.89 bits per heavy atom. The van der Waals surface area contributed by atoms with Crippen molar-refractivity contribution < 1.29 is 14.0 Å². The molecule has 0 N–H and O–H groups in total. The second kappa shape index (κ2) is 7.56. The van der Waals surface area contributed by atoms with E-state index in [1.165, 1.54) is 18.4 Å². The zero-order valence-electron chi connectivity index (χ0n) is 15.5. The van der Waals surface area contributed by atoms with E-state index in [-0.39, 0.29) is 29.4 Å². The number of aromatic nitrogens is 1. The van der Waals surface area contributed by atoms with Crippen LogP contribution in [0.15, 0.2) is 33.7 Å². The Morgan fingerprint density at radius 3 is 2.59 bits per heavy atom. The smallest absolute Gasteiger partial charge is 0.229 e. The third-order valence-corrected chi connectivity index (χ3v) is 5.21. The van der Waals surface area contributed by atoms with E-state index in [9.17, 15) is 9.59 Å². The van der Waals surface area contributed by atoms with Crippen LogP contribution in [-0.2, 0) is 6.42 Å². The highest BCUT2D eigenvalue weighted by Crippen LogP contribution is 2.27. The second-order valence-corrected chi connectivity index (χ2v) is 7.05. The number of likely N-dealkylation sites (tertiary alicyclic amines) is 1. The van der Waals surface area contributed by atoms with E-state index in [2.05, 4.69) is 21.8 Å². The third kappa shape index (κ3) is 3.62. The summed E-state index contributed by atoms with van der Waals surface area (Å²) in [5, 5.41) is 0. The summed E-state index contributed by atoms with van der Waals surface area (Å²) in [4.78, 5) is 36.2. The summed E-state index contributed by atoms with van der Waals surface area (Å²) in [5.74, 6) is -0.143. The van der Waals surface area contributed by atoms with Crippen molar-refractivity contribution in [3.8, 4) is 11.5 Å². The fourth-order valence-corrected chi connectivity index (χ4v) is 3.58. The Balaban J connectivity index is 1.54. The molecule has 1 aromatic heterocycles. The predicted octanol–water partition coefficient (Wildman–Crippen LogP) is 3.21. The molecule has 0 amide bonds. The van der Waals surface area contributed by atoms with Crippen LogP contribution in [0.4, 0.5) is 0 Å². The summed E-state index contributed by atoms with van der Waals surface area (Å²) in [6.45, 7) is 5.62. The Morgan fingerprint density at radius 1 is 1.15 bits per heavy atom. The summed E-state index contributed by atoms with van der Waals surface area (Å²) in [7, 11) is 0. The van der Waals surface area contributed by atoms with Crippen LogP contribution in [0.3, 0.4) is 0 Å². The first-order chi connectivity index (χ1) is 13.2. The third-order valence-electron chi connectivity index (χ3n) is 5.21. The molecular formula is C21H23N3O3. The van der Waals surface area contributed by atoms with Crippen molar-refractivity contribution in [2.24, 2.45) is 4.99 Å². The molecule has 0 radical (unpaired) electrons. The molecule has 2 aromatic rings. The molecule has 2 heterocycles. The molecule has 140 valence electrons. The highest BCUT2D eigenvalue weighted by atomic mass is 16.4. The number of nitrogens with zero attached hydrogens (tertiary/aromatic N) is 3. The number of fused-ring (bicyclic) bond motifs is 1. The number of rotatable bonds is 5. The van der Waals surface area contributed by atoms with Crippen LogP contribution in [-0.4, -0.2) is 53.3 Å². The number of ketones is 2. The standard InChI is InChI=1S/C21H23N3O3/c1-2-14-5-7-15(8-6-14)21-23-18-19(26)16(13-17(25)20(18)27-21)22-9-12-24-10-3-4-11-24/h5-8H,2-4,9-13H2,1H3. The average molecular weight is 365 g/mol. The number of benzene rings is 1. The van der Waals surface area contributed by atoms with Gasteiger partial charge in [-0.3, -0.25) is 14.6 Å². The van der Waals surface area contributed by atoms with Gasteiger partial charge < -0.3 is 9.32 Å². The van der Waals surface area contributed by atoms with Crippen LogP contribution in [0.2, 0.25) is 0 Å². The van der Waals surface area contributed by atoms with Gasteiger partial charge in [-0.05, 0) is 50.0 Å². The van der Waals surface area contributed by atoms with Gasteiger partial charge in [0.15, 0.2) is 5.69 Å². The number of oxazole rings is 1. The summed E-state index contributed by atoms with van der Waals surface area (Å²) in [6.07, 6.45) is 3.38. The van der Waals surface area contributed by atoms with Gasteiger partial charge in [-0.2, -0.15) is 0 Å². The van der Waals surface area contributed by atoms with Gasteiger partial charge in [0.1, 0.15) is 0 Å². The molecule has 1 aliphatic heterocycles. The highest BCUT2D eigenvalue weighted by molar-refractivity contribution is 6.52. The van der Waals surface area contributed by atoms with Crippen molar-refractivity contribution in [2.45, 2.75) is 32.6 Å². The fourth-order valence-electron chi connectivity index (χ4n) is 3.58. The molecule has 0 bridgehead atoms. The first-order valence-corrected chi connectivity index (χ1v) is 9.59. The van der Waals surface area contributed by atoms with Crippen molar-refractivity contribution in [1.29, 1.82) is 0 Å². The zero-order chi connectivity index (χ0) is 18.8. The molecular weight excluding hydrogens is 342 g/mol. The zero-order valence-corrected chi connectivity index (χ0v) is 15.5. The number of Topliss-reactive ketones (excluding diaryl/α,β-unsaturated/α-hetero) is 2. The number of aryl methyl sites for hydroxylation is 1. The Labute approximate surface area is 158 Å². The van der Waals surface area contributed by atoms with Crippen molar-refractivity contribution in [2.75, 3.05) is 26.2 Å². The molecule has 0 atom stereocenters. The Kier molecular flexibility index (Phi) is 4.99. The van der Waals surface area contributed by atoms with Gasteiger partial charge >= 0.3 is 0 Å². The molecule has 1 saturated heterocycles. The van der Waals surface area contributed by atoms with Gasteiger partial charge in [0.05, 0.1) is 18.7 Å². The molecule has 0 spiro atoms. The minimum Gasteiger partial charge on any atom is -0.432 e. The minimum atomic E-state index is -0.286. The SMILES string of the molecule is CCc1ccc(-c2nc3c(o2)C(=O)CC(=NCCN2CCCC2)C3=O)cc1. The van der Waals surface area contributed by atoms with Crippen LogP contribution < -0.4 is 0 Å².